The van der Waals surface area contributed by atoms with E-state index < -0.39 is 0 Å². The fourth-order valence-electron chi connectivity index (χ4n) is 4.54. The van der Waals surface area contributed by atoms with Gasteiger partial charge in [-0.2, -0.15) is 0 Å². The lowest BCUT2D eigenvalue weighted by Gasteiger charge is -2.36. The number of hydrogen-bond acceptors (Lipinski definition) is 1. The standard InChI is InChI=1S/C28H31N/c1-23-14-16-24(17-15-23)9-8-20-29-21-18-27(19-22-29)28(25-10-4-2-5-11-25)26-12-6-3-7-13-26/h2-17,27-28H,18-22H2,1H3/b9-8+. The summed E-state index contributed by atoms with van der Waals surface area (Å²) in [6.45, 7) is 5.54. The zero-order valence-electron chi connectivity index (χ0n) is 17.4. The van der Waals surface area contributed by atoms with Crippen molar-refractivity contribution in [3.05, 3.63) is 113 Å². The molecule has 0 atom stereocenters. The largest absolute Gasteiger partial charge is 0.300 e. The fourth-order valence-corrected chi connectivity index (χ4v) is 4.54. The van der Waals surface area contributed by atoms with Crippen molar-refractivity contribution in [3.8, 4) is 0 Å². The molecule has 0 saturated carbocycles. The van der Waals surface area contributed by atoms with Gasteiger partial charge in [-0.25, -0.2) is 0 Å². The molecular weight excluding hydrogens is 350 g/mol. The normalized spacial score (nSPS) is 15.9. The topological polar surface area (TPSA) is 3.24 Å². The van der Waals surface area contributed by atoms with E-state index in [1.165, 1.54) is 48.2 Å². The van der Waals surface area contributed by atoms with E-state index in [1.807, 2.05) is 0 Å². The maximum Gasteiger partial charge on any atom is 0.0166 e. The van der Waals surface area contributed by atoms with Crippen molar-refractivity contribution in [2.45, 2.75) is 25.7 Å². The van der Waals surface area contributed by atoms with Crippen LogP contribution >= 0.6 is 0 Å². The van der Waals surface area contributed by atoms with E-state index >= 15 is 0 Å². The summed E-state index contributed by atoms with van der Waals surface area (Å²) in [6.07, 6.45) is 7.08. The van der Waals surface area contributed by atoms with E-state index in [9.17, 15) is 0 Å². The zero-order valence-corrected chi connectivity index (χ0v) is 17.4. The Morgan fingerprint density at radius 1 is 0.793 bits per heavy atom. The van der Waals surface area contributed by atoms with Gasteiger partial charge >= 0.3 is 0 Å². The van der Waals surface area contributed by atoms with Crippen LogP contribution in [0.25, 0.3) is 6.08 Å². The summed E-state index contributed by atoms with van der Waals surface area (Å²) >= 11 is 0. The summed E-state index contributed by atoms with van der Waals surface area (Å²) in [6, 6.07) is 30.9. The first-order chi connectivity index (χ1) is 14.3. The highest BCUT2D eigenvalue weighted by molar-refractivity contribution is 5.49. The summed E-state index contributed by atoms with van der Waals surface area (Å²) < 4.78 is 0. The monoisotopic (exact) mass is 381 g/mol. The molecule has 0 radical (unpaired) electrons. The second-order valence-electron chi connectivity index (χ2n) is 8.25. The molecule has 0 amide bonds. The van der Waals surface area contributed by atoms with Gasteiger partial charge in [0.2, 0.25) is 0 Å². The first kappa shape index (κ1) is 19.7. The molecule has 148 valence electrons. The molecule has 29 heavy (non-hydrogen) atoms. The van der Waals surface area contributed by atoms with Gasteiger partial charge in [-0.15, -0.1) is 0 Å². The van der Waals surface area contributed by atoms with E-state index in [0.29, 0.717) is 11.8 Å². The molecule has 1 saturated heterocycles. The Labute approximate surface area is 175 Å². The number of hydrogen-bond donors (Lipinski definition) is 0. The molecule has 0 bridgehead atoms. The molecule has 1 nitrogen and oxygen atoms in total. The van der Waals surface area contributed by atoms with Gasteiger partial charge in [0.05, 0.1) is 0 Å². The van der Waals surface area contributed by atoms with Gasteiger partial charge < -0.3 is 0 Å². The minimum absolute atomic E-state index is 0.502. The average molecular weight is 382 g/mol. The van der Waals surface area contributed by atoms with E-state index in [4.69, 9.17) is 0 Å². The Morgan fingerprint density at radius 2 is 1.34 bits per heavy atom. The molecule has 4 rings (SSSR count). The smallest absolute Gasteiger partial charge is 0.0166 e. The molecule has 1 fully saturated rings. The Hall–Kier alpha value is -2.64. The highest BCUT2D eigenvalue weighted by Gasteiger charge is 2.28. The summed E-state index contributed by atoms with van der Waals surface area (Å²) in [4.78, 5) is 2.59. The van der Waals surface area contributed by atoms with Crippen LogP contribution in [0.15, 0.2) is 91.0 Å². The molecule has 1 aliphatic heterocycles. The van der Waals surface area contributed by atoms with Crippen LogP contribution in [0.4, 0.5) is 0 Å². The predicted octanol–water partition coefficient (Wildman–Crippen LogP) is 6.55. The minimum Gasteiger partial charge on any atom is -0.300 e. The van der Waals surface area contributed by atoms with E-state index in [1.54, 1.807) is 0 Å². The van der Waals surface area contributed by atoms with Crippen molar-refractivity contribution in [3.63, 3.8) is 0 Å². The van der Waals surface area contributed by atoms with Gasteiger partial charge in [0.25, 0.3) is 0 Å². The highest BCUT2D eigenvalue weighted by Crippen LogP contribution is 2.37. The number of rotatable bonds is 6. The van der Waals surface area contributed by atoms with Crippen LogP contribution in [0.2, 0.25) is 0 Å². The zero-order chi connectivity index (χ0) is 19.9. The third kappa shape index (κ3) is 5.25. The van der Waals surface area contributed by atoms with Gasteiger partial charge in [0, 0.05) is 12.5 Å². The summed E-state index contributed by atoms with van der Waals surface area (Å²) in [5.41, 5.74) is 5.52. The van der Waals surface area contributed by atoms with Crippen molar-refractivity contribution in [2.75, 3.05) is 19.6 Å². The van der Waals surface area contributed by atoms with Crippen LogP contribution in [0.3, 0.4) is 0 Å². The van der Waals surface area contributed by atoms with Crippen LogP contribution in [0.5, 0.6) is 0 Å². The van der Waals surface area contributed by atoms with Gasteiger partial charge in [0.1, 0.15) is 0 Å². The van der Waals surface area contributed by atoms with Crippen LogP contribution in [0.1, 0.15) is 41.0 Å². The van der Waals surface area contributed by atoms with Crippen molar-refractivity contribution in [2.24, 2.45) is 5.92 Å². The number of likely N-dealkylation sites (tertiary alicyclic amines) is 1. The Bertz CT molecular complexity index is 849. The quantitative estimate of drug-likeness (QED) is 0.468. The molecule has 1 heterocycles. The van der Waals surface area contributed by atoms with E-state index in [0.717, 1.165) is 6.54 Å². The average Bonchev–Trinajstić information content (AvgIpc) is 2.78. The van der Waals surface area contributed by atoms with Gasteiger partial charge in [-0.05, 0) is 55.5 Å². The SMILES string of the molecule is Cc1ccc(/C=C/CN2CCC(C(c3ccccc3)c3ccccc3)CC2)cc1. The van der Waals surface area contributed by atoms with Crippen LogP contribution in [-0.4, -0.2) is 24.5 Å². The predicted molar refractivity (Wildman–Crippen MR) is 124 cm³/mol. The summed E-state index contributed by atoms with van der Waals surface area (Å²) in [5, 5.41) is 0. The molecule has 0 unspecified atom stereocenters. The maximum atomic E-state index is 2.59. The van der Waals surface area contributed by atoms with Crippen molar-refractivity contribution < 1.29 is 0 Å². The highest BCUT2D eigenvalue weighted by atomic mass is 15.1. The first-order valence-electron chi connectivity index (χ1n) is 10.8. The number of aryl methyl sites for hydroxylation is 1. The van der Waals surface area contributed by atoms with E-state index in [-0.39, 0.29) is 0 Å². The van der Waals surface area contributed by atoms with Gasteiger partial charge in [-0.3, -0.25) is 4.90 Å². The van der Waals surface area contributed by atoms with Gasteiger partial charge in [-0.1, -0.05) is 103 Å². The number of piperidine rings is 1. The third-order valence-electron chi connectivity index (χ3n) is 6.17. The van der Waals surface area contributed by atoms with Crippen molar-refractivity contribution in [1.82, 2.24) is 4.90 Å². The van der Waals surface area contributed by atoms with Crippen molar-refractivity contribution in [1.29, 1.82) is 0 Å². The minimum atomic E-state index is 0.502. The molecule has 0 aromatic heterocycles. The molecule has 0 spiro atoms. The lowest BCUT2D eigenvalue weighted by molar-refractivity contribution is 0.190. The second-order valence-corrected chi connectivity index (χ2v) is 8.25. The maximum absolute atomic E-state index is 2.59. The number of benzene rings is 3. The summed E-state index contributed by atoms with van der Waals surface area (Å²) in [7, 11) is 0. The molecule has 1 heteroatoms. The molecule has 0 aliphatic carbocycles. The van der Waals surface area contributed by atoms with Crippen LogP contribution in [0, 0.1) is 12.8 Å². The molecule has 3 aromatic carbocycles. The fraction of sp³-hybridized carbons (Fsp3) is 0.286. The molecular formula is C28H31N. The second kappa shape index (κ2) is 9.71. The third-order valence-corrected chi connectivity index (χ3v) is 6.17. The Kier molecular flexibility index (Phi) is 6.59. The lowest BCUT2D eigenvalue weighted by Crippen LogP contribution is -2.36. The van der Waals surface area contributed by atoms with Crippen molar-refractivity contribution >= 4 is 6.08 Å². The molecule has 3 aromatic rings. The van der Waals surface area contributed by atoms with Gasteiger partial charge in [0.15, 0.2) is 0 Å². The van der Waals surface area contributed by atoms with Crippen LogP contribution < -0.4 is 0 Å². The Balaban J connectivity index is 1.38. The Morgan fingerprint density at radius 3 is 1.90 bits per heavy atom. The summed E-state index contributed by atoms with van der Waals surface area (Å²) in [5.74, 6) is 1.21. The molecule has 1 aliphatic rings. The van der Waals surface area contributed by atoms with E-state index in [2.05, 4.69) is 109 Å². The van der Waals surface area contributed by atoms with Crippen LogP contribution in [-0.2, 0) is 0 Å². The number of nitrogens with zero attached hydrogens (tertiary/aromatic N) is 1. The lowest BCUT2D eigenvalue weighted by atomic mass is 9.76. The molecule has 0 N–H and O–H groups in total. The first-order valence-corrected chi connectivity index (χ1v) is 10.8.